The van der Waals surface area contributed by atoms with Gasteiger partial charge in [0.2, 0.25) is 10.0 Å². The number of benzene rings is 2. The van der Waals surface area contributed by atoms with Crippen LogP contribution in [0.15, 0.2) is 61.1 Å². The normalized spacial score (nSPS) is 14.9. The van der Waals surface area contributed by atoms with Crippen LogP contribution < -0.4 is 4.72 Å². The first-order valence-corrected chi connectivity index (χ1v) is 12.4. The second kappa shape index (κ2) is 9.08. The first-order chi connectivity index (χ1) is 15.3. The van der Waals surface area contributed by atoms with Crippen LogP contribution in [0.2, 0.25) is 0 Å². The van der Waals surface area contributed by atoms with E-state index in [4.69, 9.17) is 0 Å². The van der Waals surface area contributed by atoms with Gasteiger partial charge in [-0.15, -0.1) is 0 Å². The summed E-state index contributed by atoms with van der Waals surface area (Å²) in [5.74, 6) is 0.327. The SMILES string of the molecule is Cc1ccc(C(=O)N2CCC(c3ccc(-c4cnccn4)cc3)CC2)cc1NS(C)(=O)=O. The number of anilines is 1. The summed E-state index contributed by atoms with van der Waals surface area (Å²) in [6.45, 7) is 3.14. The first-order valence-electron chi connectivity index (χ1n) is 10.5. The van der Waals surface area contributed by atoms with Crippen LogP contribution >= 0.6 is 0 Å². The van der Waals surface area contributed by atoms with Gasteiger partial charge in [0.25, 0.3) is 5.91 Å². The molecule has 0 aliphatic carbocycles. The predicted molar refractivity (Wildman–Crippen MR) is 125 cm³/mol. The number of carbonyl (C=O) groups excluding carboxylic acids is 1. The third-order valence-corrected chi connectivity index (χ3v) is 6.39. The Balaban J connectivity index is 1.40. The van der Waals surface area contributed by atoms with Gasteiger partial charge in [-0.1, -0.05) is 30.3 Å². The van der Waals surface area contributed by atoms with Crippen LogP contribution in [0.25, 0.3) is 11.3 Å². The number of aromatic nitrogens is 2. The first kappa shape index (κ1) is 22.0. The van der Waals surface area contributed by atoms with Crippen LogP contribution in [-0.2, 0) is 10.0 Å². The molecule has 0 bridgehead atoms. The van der Waals surface area contributed by atoms with E-state index in [2.05, 4.69) is 39.0 Å². The number of aryl methyl sites for hydroxylation is 1. The van der Waals surface area contributed by atoms with Crippen molar-refractivity contribution in [3.05, 3.63) is 77.7 Å². The number of rotatable bonds is 5. The second-order valence-electron chi connectivity index (χ2n) is 8.18. The molecular formula is C24H26N4O3S. The van der Waals surface area contributed by atoms with E-state index in [-0.39, 0.29) is 5.91 Å². The zero-order chi connectivity index (χ0) is 22.7. The third kappa shape index (κ3) is 5.13. The van der Waals surface area contributed by atoms with Crippen LogP contribution in [0.1, 0.15) is 40.2 Å². The lowest BCUT2D eigenvalue weighted by Gasteiger charge is -2.32. The molecule has 166 valence electrons. The maximum atomic E-state index is 13.0. The number of hydrogen-bond acceptors (Lipinski definition) is 5. The molecule has 1 aliphatic heterocycles. The molecule has 1 saturated heterocycles. The fraction of sp³-hybridized carbons (Fsp3) is 0.292. The molecule has 0 unspecified atom stereocenters. The van der Waals surface area contributed by atoms with Crippen molar-refractivity contribution in [2.24, 2.45) is 0 Å². The smallest absolute Gasteiger partial charge is 0.253 e. The molecule has 1 aliphatic rings. The number of nitrogens with zero attached hydrogens (tertiary/aromatic N) is 3. The van der Waals surface area contributed by atoms with Gasteiger partial charge in [0.05, 0.1) is 23.8 Å². The van der Waals surface area contributed by atoms with Gasteiger partial charge < -0.3 is 4.90 Å². The van der Waals surface area contributed by atoms with Crippen molar-refractivity contribution in [2.75, 3.05) is 24.1 Å². The van der Waals surface area contributed by atoms with Crippen molar-refractivity contribution in [3.8, 4) is 11.3 Å². The van der Waals surface area contributed by atoms with E-state index in [1.807, 2.05) is 11.8 Å². The summed E-state index contributed by atoms with van der Waals surface area (Å²) in [7, 11) is -3.41. The molecule has 32 heavy (non-hydrogen) atoms. The maximum absolute atomic E-state index is 13.0. The number of piperidine rings is 1. The average Bonchev–Trinajstić information content (AvgIpc) is 2.80. The monoisotopic (exact) mass is 450 g/mol. The van der Waals surface area contributed by atoms with Gasteiger partial charge in [0, 0.05) is 36.6 Å². The number of amides is 1. The van der Waals surface area contributed by atoms with E-state index < -0.39 is 10.0 Å². The number of likely N-dealkylation sites (tertiary alicyclic amines) is 1. The Morgan fingerprint density at radius 1 is 1.06 bits per heavy atom. The van der Waals surface area contributed by atoms with Crippen molar-refractivity contribution in [1.29, 1.82) is 0 Å². The molecule has 1 amide bonds. The lowest BCUT2D eigenvalue weighted by molar-refractivity contribution is 0.0713. The Morgan fingerprint density at radius 2 is 1.78 bits per heavy atom. The van der Waals surface area contributed by atoms with Crippen molar-refractivity contribution in [1.82, 2.24) is 14.9 Å². The Morgan fingerprint density at radius 3 is 2.41 bits per heavy atom. The van der Waals surface area contributed by atoms with Crippen LogP contribution in [0.5, 0.6) is 0 Å². The van der Waals surface area contributed by atoms with Gasteiger partial charge in [-0.3, -0.25) is 19.5 Å². The third-order valence-electron chi connectivity index (χ3n) is 5.80. The zero-order valence-corrected chi connectivity index (χ0v) is 19.0. The number of carbonyl (C=O) groups is 1. The lowest BCUT2D eigenvalue weighted by atomic mass is 9.88. The molecule has 0 radical (unpaired) electrons. The molecule has 8 heteroatoms. The molecule has 0 saturated carbocycles. The Bertz CT molecular complexity index is 1200. The summed E-state index contributed by atoms with van der Waals surface area (Å²) in [5, 5.41) is 0. The maximum Gasteiger partial charge on any atom is 0.253 e. The molecule has 2 aromatic carbocycles. The number of hydrogen-bond donors (Lipinski definition) is 1. The van der Waals surface area contributed by atoms with Crippen LogP contribution in [-0.4, -0.2) is 48.5 Å². The van der Waals surface area contributed by atoms with E-state index in [0.29, 0.717) is 30.3 Å². The molecule has 0 atom stereocenters. The van der Waals surface area contributed by atoms with Crippen molar-refractivity contribution >= 4 is 21.6 Å². The minimum atomic E-state index is -3.41. The minimum absolute atomic E-state index is 0.0713. The predicted octanol–water partition coefficient (Wildman–Crippen LogP) is 3.84. The molecule has 0 spiro atoms. The highest BCUT2D eigenvalue weighted by molar-refractivity contribution is 7.92. The summed E-state index contributed by atoms with van der Waals surface area (Å²) < 4.78 is 25.7. The van der Waals surface area contributed by atoms with E-state index >= 15 is 0 Å². The van der Waals surface area contributed by atoms with Gasteiger partial charge in [0.1, 0.15) is 0 Å². The van der Waals surface area contributed by atoms with E-state index in [0.717, 1.165) is 35.9 Å². The molecule has 2 heterocycles. The fourth-order valence-corrected chi connectivity index (χ4v) is 4.66. The Hall–Kier alpha value is -3.26. The molecule has 1 aromatic heterocycles. The Kier molecular flexibility index (Phi) is 6.23. The molecule has 4 rings (SSSR count). The topological polar surface area (TPSA) is 92.3 Å². The summed E-state index contributed by atoms with van der Waals surface area (Å²) in [5.41, 5.74) is 4.86. The summed E-state index contributed by atoms with van der Waals surface area (Å²) in [6.07, 6.45) is 7.97. The van der Waals surface area contributed by atoms with Gasteiger partial charge in [-0.25, -0.2) is 8.42 Å². The van der Waals surface area contributed by atoms with Gasteiger partial charge in [0.15, 0.2) is 0 Å². The van der Waals surface area contributed by atoms with Gasteiger partial charge in [-0.05, 0) is 48.9 Å². The Labute approximate surface area is 188 Å². The van der Waals surface area contributed by atoms with Gasteiger partial charge >= 0.3 is 0 Å². The highest BCUT2D eigenvalue weighted by Gasteiger charge is 2.25. The summed E-state index contributed by atoms with van der Waals surface area (Å²) in [6, 6.07) is 13.5. The minimum Gasteiger partial charge on any atom is -0.339 e. The van der Waals surface area contributed by atoms with E-state index in [9.17, 15) is 13.2 Å². The summed E-state index contributed by atoms with van der Waals surface area (Å²) in [4.78, 5) is 23.3. The second-order valence-corrected chi connectivity index (χ2v) is 9.93. The fourth-order valence-electron chi connectivity index (χ4n) is 4.04. The average molecular weight is 451 g/mol. The standard InChI is InChI=1S/C24H26N4O3S/c1-17-3-4-21(15-22(17)27-32(2,30)31)24(29)28-13-9-19(10-14-28)18-5-7-20(8-6-18)23-16-25-11-12-26-23/h3-8,11-12,15-16,19,27H,9-10,13-14H2,1-2H3. The van der Waals surface area contributed by atoms with Crippen LogP contribution in [0, 0.1) is 6.92 Å². The molecule has 1 N–H and O–H groups in total. The molecule has 3 aromatic rings. The van der Waals surface area contributed by atoms with Crippen molar-refractivity contribution in [3.63, 3.8) is 0 Å². The molecule has 1 fully saturated rings. The molecule has 7 nitrogen and oxygen atoms in total. The largest absolute Gasteiger partial charge is 0.339 e. The highest BCUT2D eigenvalue weighted by Crippen LogP contribution is 2.30. The van der Waals surface area contributed by atoms with Crippen LogP contribution in [0.4, 0.5) is 5.69 Å². The quantitative estimate of drug-likeness (QED) is 0.638. The highest BCUT2D eigenvalue weighted by atomic mass is 32.2. The zero-order valence-electron chi connectivity index (χ0n) is 18.2. The lowest BCUT2D eigenvalue weighted by Crippen LogP contribution is -2.38. The van der Waals surface area contributed by atoms with Crippen molar-refractivity contribution < 1.29 is 13.2 Å². The van der Waals surface area contributed by atoms with E-state index in [1.54, 1.807) is 36.8 Å². The number of sulfonamides is 1. The summed E-state index contributed by atoms with van der Waals surface area (Å²) >= 11 is 0. The number of nitrogens with one attached hydrogen (secondary N) is 1. The van der Waals surface area contributed by atoms with E-state index in [1.165, 1.54) is 5.56 Å². The van der Waals surface area contributed by atoms with Crippen molar-refractivity contribution in [2.45, 2.75) is 25.7 Å². The van der Waals surface area contributed by atoms with Crippen LogP contribution in [0.3, 0.4) is 0 Å². The van der Waals surface area contributed by atoms with Gasteiger partial charge in [-0.2, -0.15) is 0 Å². The molecular weight excluding hydrogens is 424 g/mol.